The lowest BCUT2D eigenvalue weighted by Crippen LogP contribution is -2.15. The Balaban J connectivity index is 0.00000117. The Bertz CT molecular complexity index is 1020. The van der Waals surface area contributed by atoms with Gasteiger partial charge in [-0.1, -0.05) is 93.6 Å². The van der Waals surface area contributed by atoms with Crippen molar-refractivity contribution in [3.63, 3.8) is 0 Å². The summed E-state index contributed by atoms with van der Waals surface area (Å²) in [7, 11) is 0. The molecule has 1 nitrogen and oxygen atoms in total. The van der Waals surface area contributed by atoms with Gasteiger partial charge in [-0.25, -0.2) is 0 Å². The van der Waals surface area contributed by atoms with Crippen LogP contribution in [0.5, 0.6) is 0 Å². The first kappa shape index (κ1) is 20.8. The molecule has 0 amide bonds. The van der Waals surface area contributed by atoms with Crippen molar-refractivity contribution in [2.45, 2.75) is 34.1 Å². The molecule has 4 rings (SSSR count). The lowest BCUT2D eigenvalue weighted by Gasteiger charge is -2.28. The minimum Gasteiger partial charge on any atom is -0.256 e. The first-order valence-corrected chi connectivity index (χ1v) is 10.7. The first-order chi connectivity index (χ1) is 14.3. The van der Waals surface area contributed by atoms with Gasteiger partial charge < -0.3 is 0 Å². The van der Waals surface area contributed by atoms with Gasteiger partial charge in [0, 0.05) is 11.6 Å². The summed E-state index contributed by atoms with van der Waals surface area (Å²) in [5, 5.41) is 2.48. The zero-order valence-corrected chi connectivity index (χ0v) is 18.0. The molecule has 3 aromatic rings. The van der Waals surface area contributed by atoms with Gasteiger partial charge in [0.2, 0.25) is 0 Å². The topological polar surface area (TPSA) is 12.9 Å². The van der Waals surface area contributed by atoms with Crippen LogP contribution >= 0.6 is 0 Å². The molecule has 29 heavy (non-hydrogen) atoms. The van der Waals surface area contributed by atoms with Crippen LogP contribution in [0.25, 0.3) is 21.9 Å². The van der Waals surface area contributed by atoms with Crippen LogP contribution < -0.4 is 0 Å². The number of pyridine rings is 1. The van der Waals surface area contributed by atoms with Crippen molar-refractivity contribution in [2.75, 3.05) is 0 Å². The van der Waals surface area contributed by atoms with E-state index in [4.69, 9.17) is 4.98 Å². The van der Waals surface area contributed by atoms with Crippen molar-refractivity contribution in [3.8, 4) is 0 Å². The Labute approximate surface area is 175 Å². The number of benzene rings is 2. The van der Waals surface area contributed by atoms with E-state index < -0.39 is 0 Å². The second-order valence-corrected chi connectivity index (χ2v) is 7.23. The minimum absolute atomic E-state index is 0.437. The molecule has 0 bridgehead atoms. The molecule has 0 N–H and O–H groups in total. The number of allylic oxidation sites excluding steroid dienone is 6. The highest BCUT2D eigenvalue weighted by molar-refractivity contribution is 5.96. The van der Waals surface area contributed by atoms with E-state index in [1.54, 1.807) is 0 Å². The van der Waals surface area contributed by atoms with Gasteiger partial charge in [0.25, 0.3) is 0 Å². The highest BCUT2D eigenvalue weighted by Gasteiger charge is 2.25. The Kier molecular flexibility index (Phi) is 7.19. The number of hydrogen-bond acceptors (Lipinski definition) is 1. The highest BCUT2D eigenvalue weighted by Crippen LogP contribution is 2.41. The Morgan fingerprint density at radius 2 is 1.69 bits per heavy atom. The molecule has 0 radical (unpaired) electrons. The number of rotatable bonds is 4. The number of fused-ring (bicyclic) bond motifs is 1. The monoisotopic (exact) mass is 381 g/mol. The van der Waals surface area contributed by atoms with E-state index in [0.717, 1.165) is 12.1 Å². The molecule has 1 heteroatoms. The lowest BCUT2D eigenvalue weighted by molar-refractivity contribution is 0.530. The molecule has 148 valence electrons. The Hall–Kier alpha value is -2.93. The van der Waals surface area contributed by atoms with Gasteiger partial charge in [-0.2, -0.15) is 0 Å². The number of hydrogen-bond donors (Lipinski definition) is 0. The molecule has 0 fully saturated rings. The molecule has 2 atom stereocenters. The fraction of sp³-hybridized carbons (Fsp3) is 0.250. The fourth-order valence-electron chi connectivity index (χ4n) is 4.08. The standard InChI is InChI=1S/C26H25N.C2H6/c1-3-9-19(2)23-15-14-22(20-10-5-4-6-11-20)18-25(23)26-24-13-8-7-12-21(24)16-17-27-26;1-2/h3-14,16-19,23H,15H2,1-2H3;1-2H3. The van der Waals surface area contributed by atoms with E-state index in [2.05, 4.69) is 98.8 Å². The third-order valence-corrected chi connectivity index (χ3v) is 5.49. The van der Waals surface area contributed by atoms with Crippen molar-refractivity contribution in [3.05, 3.63) is 102 Å². The molecule has 1 aromatic heterocycles. The Morgan fingerprint density at radius 1 is 0.966 bits per heavy atom. The zero-order chi connectivity index (χ0) is 20.6. The minimum atomic E-state index is 0.437. The third-order valence-electron chi connectivity index (χ3n) is 5.49. The highest BCUT2D eigenvalue weighted by atomic mass is 14.7. The second-order valence-electron chi connectivity index (χ2n) is 7.23. The van der Waals surface area contributed by atoms with Crippen molar-refractivity contribution < 1.29 is 0 Å². The second kappa shape index (κ2) is 10.0. The molecule has 2 unspecified atom stereocenters. The van der Waals surface area contributed by atoms with Crippen LogP contribution in [0.3, 0.4) is 0 Å². The molecule has 0 aliphatic heterocycles. The lowest BCUT2D eigenvalue weighted by atomic mass is 9.77. The van der Waals surface area contributed by atoms with Crippen LogP contribution in [0, 0.1) is 11.8 Å². The molecule has 1 aliphatic carbocycles. The fourth-order valence-corrected chi connectivity index (χ4v) is 4.08. The first-order valence-electron chi connectivity index (χ1n) is 10.7. The molecule has 0 spiro atoms. The molecular formula is C28H31N. The van der Waals surface area contributed by atoms with E-state index in [1.165, 1.54) is 27.5 Å². The van der Waals surface area contributed by atoms with E-state index in [0.29, 0.717) is 11.8 Å². The van der Waals surface area contributed by atoms with Crippen molar-refractivity contribution in [1.82, 2.24) is 4.98 Å². The van der Waals surface area contributed by atoms with E-state index in [9.17, 15) is 0 Å². The van der Waals surface area contributed by atoms with Gasteiger partial charge in [0.05, 0.1) is 5.69 Å². The average molecular weight is 382 g/mol. The predicted octanol–water partition coefficient (Wildman–Crippen LogP) is 7.96. The normalized spacial score (nSPS) is 17.3. The van der Waals surface area contributed by atoms with Crippen molar-refractivity contribution in [1.29, 1.82) is 0 Å². The summed E-state index contributed by atoms with van der Waals surface area (Å²) in [5.74, 6) is 0.905. The van der Waals surface area contributed by atoms with E-state index in [1.807, 2.05) is 20.0 Å². The van der Waals surface area contributed by atoms with Crippen LogP contribution in [0.4, 0.5) is 0 Å². The summed E-state index contributed by atoms with van der Waals surface area (Å²) in [6.45, 7) is 8.41. The van der Waals surface area contributed by atoms with Gasteiger partial charge in [-0.3, -0.25) is 4.98 Å². The van der Waals surface area contributed by atoms with E-state index in [-0.39, 0.29) is 0 Å². The summed E-state index contributed by atoms with van der Waals surface area (Å²) in [6, 6.07) is 21.3. The van der Waals surface area contributed by atoms with Crippen LogP contribution in [0.1, 0.15) is 45.4 Å². The van der Waals surface area contributed by atoms with Crippen LogP contribution in [0.2, 0.25) is 0 Å². The molecule has 2 aromatic carbocycles. The maximum absolute atomic E-state index is 4.83. The maximum atomic E-state index is 4.83. The molecule has 1 aliphatic rings. The molecular weight excluding hydrogens is 350 g/mol. The van der Waals surface area contributed by atoms with Gasteiger partial charge in [0.15, 0.2) is 0 Å². The summed E-state index contributed by atoms with van der Waals surface area (Å²) in [5.41, 5.74) is 5.03. The van der Waals surface area contributed by atoms with Crippen molar-refractivity contribution in [2.24, 2.45) is 11.8 Å². The molecule has 0 saturated heterocycles. The smallest absolute Gasteiger partial charge is 0.0743 e. The van der Waals surface area contributed by atoms with Gasteiger partial charge in [0.1, 0.15) is 0 Å². The number of nitrogens with zero attached hydrogens (tertiary/aromatic N) is 1. The van der Waals surface area contributed by atoms with Gasteiger partial charge in [-0.15, -0.1) is 0 Å². The largest absolute Gasteiger partial charge is 0.256 e. The summed E-state index contributed by atoms with van der Waals surface area (Å²) in [6.07, 6.45) is 12.2. The van der Waals surface area contributed by atoms with Crippen molar-refractivity contribution >= 4 is 21.9 Å². The van der Waals surface area contributed by atoms with Crippen LogP contribution in [0.15, 0.2) is 91.2 Å². The van der Waals surface area contributed by atoms with Gasteiger partial charge >= 0.3 is 0 Å². The summed E-state index contributed by atoms with van der Waals surface area (Å²) in [4.78, 5) is 4.83. The maximum Gasteiger partial charge on any atom is 0.0743 e. The summed E-state index contributed by atoms with van der Waals surface area (Å²) >= 11 is 0. The predicted molar refractivity (Wildman–Crippen MR) is 128 cm³/mol. The van der Waals surface area contributed by atoms with Crippen LogP contribution in [-0.4, -0.2) is 4.98 Å². The zero-order valence-electron chi connectivity index (χ0n) is 18.0. The quantitative estimate of drug-likeness (QED) is 0.418. The summed E-state index contributed by atoms with van der Waals surface area (Å²) < 4.78 is 0. The number of aromatic nitrogens is 1. The Morgan fingerprint density at radius 3 is 2.45 bits per heavy atom. The van der Waals surface area contributed by atoms with Crippen LogP contribution in [-0.2, 0) is 0 Å². The average Bonchev–Trinajstić information content (AvgIpc) is 2.80. The molecule has 1 heterocycles. The third kappa shape index (κ3) is 4.56. The van der Waals surface area contributed by atoms with E-state index >= 15 is 0 Å². The molecule has 0 saturated carbocycles. The SMILES string of the molecule is CC.CC=CC(C)C1CC=C(c2ccccc2)C=C1c1nccc2ccccc12. The van der Waals surface area contributed by atoms with Gasteiger partial charge in [-0.05, 0) is 59.4 Å².